The van der Waals surface area contributed by atoms with Gasteiger partial charge in [0, 0.05) is 28.7 Å². The molecule has 0 radical (unpaired) electrons. The van der Waals surface area contributed by atoms with E-state index < -0.39 is 0 Å². The number of amides is 1. The second-order valence-corrected chi connectivity index (χ2v) is 10.2. The monoisotopic (exact) mass is 568 g/mol. The molecule has 210 valence electrons. The van der Waals surface area contributed by atoms with Crippen LogP contribution in [0.15, 0.2) is 103 Å². The molecule has 0 spiro atoms. The van der Waals surface area contributed by atoms with Gasteiger partial charge in [0.1, 0.15) is 22.8 Å². The van der Waals surface area contributed by atoms with Gasteiger partial charge in [-0.05, 0) is 59.2 Å². The SMILES string of the molecule is COc1cc(F)cc(-c2cccc3[nH]c(-c4n[nH]c5ccc(-c6cncc(NC(=O)Cc7ccccc7)c6)nc45)cc23)c1. The third-order valence-electron chi connectivity index (χ3n) is 7.27. The van der Waals surface area contributed by atoms with Crippen molar-refractivity contribution in [3.63, 3.8) is 0 Å². The summed E-state index contributed by atoms with van der Waals surface area (Å²) < 4.78 is 19.6. The predicted octanol–water partition coefficient (Wildman–Crippen LogP) is 7.16. The number of aromatic amines is 2. The maximum atomic E-state index is 14.3. The van der Waals surface area contributed by atoms with Crippen LogP contribution < -0.4 is 10.1 Å². The first-order valence-corrected chi connectivity index (χ1v) is 13.7. The highest BCUT2D eigenvalue weighted by Crippen LogP contribution is 2.35. The Bertz CT molecular complexity index is 2120. The van der Waals surface area contributed by atoms with Gasteiger partial charge in [0.05, 0.1) is 42.3 Å². The molecule has 1 amide bonds. The van der Waals surface area contributed by atoms with Crippen molar-refractivity contribution in [2.24, 2.45) is 0 Å². The minimum Gasteiger partial charge on any atom is -0.497 e. The molecule has 4 aromatic heterocycles. The van der Waals surface area contributed by atoms with Gasteiger partial charge in [-0.1, -0.05) is 42.5 Å². The molecule has 4 heterocycles. The summed E-state index contributed by atoms with van der Waals surface area (Å²) in [4.78, 5) is 25.3. The third-order valence-corrected chi connectivity index (χ3v) is 7.27. The van der Waals surface area contributed by atoms with Crippen LogP contribution in [0.5, 0.6) is 5.75 Å². The molecule has 0 unspecified atom stereocenters. The number of ether oxygens (including phenoxy) is 1. The summed E-state index contributed by atoms with van der Waals surface area (Å²) in [6, 6.07) is 27.7. The maximum Gasteiger partial charge on any atom is 0.228 e. The average Bonchev–Trinajstić information content (AvgIpc) is 3.65. The summed E-state index contributed by atoms with van der Waals surface area (Å²) in [7, 11) is 1.52. The van der Waals surface area contributed by atoms with E-state index in [4.69, 9.17) is 9.72 Å². The molecule has 3 N–H and O–H groups in total. The number of hydrogen-bond acceptors (Lipinski definition) is 5. The molecule has 7 rings (SSSR count). The first-order valence-electron chi connectivity index (χ1n) is 13.7. The van der Waals surface area contributed by atoms with E-state index in [1.807, 2.05) is 78.9 Å². The largest absolute Gasteiger partial charge is 0.497 e. The highest BCUT2D eigenvalue weighted by Gasteiger charge is 2.16. The van der Waals surface area contributed by atoms with Gasteiger partial charge in [0.2, 0.25) is 5.91 Å². The second-order valence-electron chi connectivity index (χ2n) is 10.2. The number of carbonyl (C=O) groups is 1. The summed E-state index contributed by atoms with van der Waals surface area (Å²) in [6.07, 6.45) is 3.60. The van der Waals surface area contributed by atoms with Gasteiger partial charge in [-0.15, -0.1) is 0 Å². The number of aromatic nitrogens is 5. The van der Waals surface area contributed by atoms with E-state index in [1.165, 1.54) is 19.2 Å². The molecule has 3 aromatic carbocycles. The van der Waals surface area contributed by atoms with Crippen LogP contribution in [0, 0.1) is 5.82 Å². The number of rotatable bonds is 7. The van der Waals surface area contributed by atoms with E-state index in [1.54, 1.807) is 12.4 Å². The van der Waals surface area contributed by atoms with Crippen LogP contribution in [0.3, 0.4) is 0 Å². The number of methoxy groups -OCH3 is 1. The normalized spacial score (nSPS) is 11.2. The first kappa shape index (κ1) is 26.1. The van der Waals surface area contributed by atoms with Gasteiger partial charge in [-0.3, -0.25) is 14.9 Å². The summed E-state index contributed by atoms with van der Waals surface area (Å²) in [5.74, 6) is -0.0425. The molecule has 0 fully saturated rings. The minimum atomic E-state index is -0.369. The fraction of sp³-hybridized carbons (Fsp3) is 0.0588. The van der Waals surface area contributed by atoms with Crippen molar-refractivity contribution < 1.29 is 13.9 Å². The number of fused-ring (bicyclic) bond motifs is 2. The number of carbonyl (C=O) groups excluding carboxylic acids is 1. The van der Waals surface area contributed by atoms with Crippen LogP contribution in [-0.4, -0.2) is 38.2 Å². The number of halogens is 1. The lowest BCUT2D eigenvalue weighted by Gasteiger charge is -2.07. The number of hydrogen-bond donors (Lipinski definition) is 3. The Balaban J connectivity index is 1.22. The zero-order chi connectivity index (χ0) is 29.3. The Morgan fingerprint density at radius 3 is 2.65 bits per heavy atom. The van der Waals surface area contributed by atoms with Gasteiger partial charge < -0.3 is 15.0 Å². The number of anilines is 1. The van der Waals surface area contributed by atoms with Crippen LogP contribution >= 0.6 is 0 Å². The van der Waals surface area contributed by atoms with Crippen LogP contribution in [-0.2, 0) is 11.2 Å². The van der Waals surface area contributed by atoms with Gasteiger partial charge in [-0.2, -0.15) is 5.10 Å². The van der Waals surface area contributed by atoms with Crippen molar-refractivity contribution in [3.8, 4) is 39.5 Å². The zero-order valence-corrected chi connectivity index (χ0v) is 23.1. The average molecular weight is 569 g/mol. The summed E-state index contributed by atoms with van der Waals surface area (Å²) in [5.41, 5.74) is 8.28. The van der Waals surface area contributed by atoms with E-state index >= 15 is 0 Å². The zero-order valence-electron chi connectivity index (χ0n) is 23.1. The molecule has 0 saturated heterocycles. The van der Waals surface area contributed by atoms with E-state index in [9.17, 15) is 9.18 Å². The molecule has 0 aliphatic rings. The number of H-pyrrole nitrogens is 2. The van der Waals surface area contributed by atoms with Gasteiger partial charge in [-0.25, -0.2) is 9.37 Å². The lowest BCUT2D eigenvalue weighted by Crippen LogP contribution is -2.14. The Morgan fingerprint density at radius 2 is 1.79 bits per heavy atom. The van der Waals surface area contributed by atoms with Crippen molar-refractivity contribution in [2.45, 2.75) is 6.42 Å². The van der Waals surface area contributed by atoms with E-state index in [-0.39, 0.29) is 18.1 Å². The summed E-state index contributed by atoms with van der Waals surface area (Å²) in [5, 5.41) is 11.5. The first-order chi connectivity index (χ1) is 21.0. The van der Waals surface area contributed by atoms with E-state index in [2.05, 4.69) is 25.5 Å². The standard InChI is InChI=1S/C34H25FN6O2/c1-43-25-15-21(13-23(35)16-25)26-8-5-9-29-27(26)17-31(38-29)34-33-30(40-41-34)11-10-28(39-33)22-14-24(19-36-18-22)37-32(42)12-20-6-3-2-4-7-20/h2-11,13-19,38H,12H2,1H3,(H,37,42)(H,40,41). The lowest BCUT2D eigenvalue weighted by molar-refractivity contribution is -0.115. The molecule has 43 heavy (non-hydrogen) atoms. The van der Waals surface area contributed by atoms with Crippen LogP contribution in [0.25, 0.3) is 55.7 Å². The van der Waals surface area contributed by atoms with E-state index in [0.29, 0.717) is 33.9 Å². The number of pyridine rings is 2. The molecule has 8 nitrogen and oxygen atoms in total. The molecule has 0 saturated carbocycles. The second kappa shape index (κ2) is 10.9. The number of nitrogens with one attached hydrogen (secondary N) is 3. The van der Waals surface area contributed by atoms with E-state index in [0.717, 1.165) is 38.8 Å². The molecule has 7 aromatic rings. The molecule has 0 aliphatic carbocycles. The predicted molar refractivity (Wildman–Crippen MR) is 165 cm³/mol. The molecule has 9 heteroatoms. The number of benzene rings is 3. The van der Waals surface area contributed by atoms with Gasteiger partial charge in [0.25, 0.3) is 0 Å². The summed E-state index contributed by atoms with van der Waals surface area (Å²) >= 11 is 0. The molecular formula is C34H25FN6O2. The van der Waals surface area contributed by atoms with Crippen LogP contribution in [0.1, 0.15) is 5.56 Å². The molecule has 0 atom stereocenters. The Kier molecular flexibility index (Phi) is 6.59. The molecule has 0 bridgehead atoms. The maximum absolute atomic E-state index is 14.3. The number of nitrogens with zero attached hydrogens (tertiary/aromatic N) is 3. The van der Waals surface area contributed by atoms with Crippen molar-refractivity contribution >= 4 is 33.5 Å². The third kappa shape index (κ3) is 5.19. The van der Waals surface area contributed by atoms with Gasteiger partial charge in [0.15, 0.2) is 0 Å². The summed E-state index contributed by atoms with van der Waals surface area (Å²) in [6.45, 7) is 0. The molecule has 0 aliphatic heterocycles. The van der Waals surface area contributed by atoms with Crippen molar-refractivity contribution in [2.75, 3.05) is 12.4 Å². The van der Waals surface area contributed by atoms with Crippen molar-refractivity contribution in [1.82, 2.24) is 25.1 Å². The fourth-order valence-corrected chi connectivity index (χ4v) is 5.25. The highest BCUT2D eigenvalue weighted by atomic mass is 19.1. The quantitative estimate of drug-likeness (QED) is 0.189. The topological polar surface area (TPSA) is 109 Å². The smallest absolute Gasteiger partial charge is 0.228 e. The highest BCUT2D eigenvalue weighted by molar-refractivity contribution is 6.00. The fourth-order valence-electron chi connectivity index (χ4n) is 5.25. The van der Waals surface area contributed by atoms with Crippen molar-refractivity contribution in [1.29, 1.82) is 0 Å². The van der Waals surface area contributed by atoms with Crippen LogP contribution in [0.2, 0.25) is 0 Å². The van der Waals surface area contributed by atoms with Crippen LogP contribution in [0.4, 0.5) is 10.1 Å². The molecular weight excluding hydrogens is 543 g/mol. The Labute approximate surface area is 245 Å². The lowest BCUT2D eigenvalue weighted by atomic mass is 10.0. The Hall–Kier alpha value is -5.83. The van der Waals surface area contributed by atoms with Crippen molar-refractivity contribution in [3.05, 3.63) is 115 Å². The minimum absolute atomic E-state index is 0.124. The Morgan fingerprint density at radius 1 is 0.907 bits per heavy atom. The van der Waals surface area contributed by atoms with Gasteiger partial charge >= 0.3 is 0 Å².